The van der Waals surface area contributed by atoms with Crippen molar-refractivity contribution in [2.24, 2.45) is 5.41 Å². The van der Waals surface area contributed by atoms with Crippen LogP contribution in [0.3, 0.4) is 0 Å². The van der Waals surface area contributed by atoms with E-state index in [9.17, 15) is 9.59 Å². The summed E-state index contributed by atoms with van der Waals surface area (Å²) >= 11 is 11.0. The lowest BCUT2D eigenvalue weighted by Crippen LogP contribution is -2.44. The van der Waals surface area contributed by atoms with Gasteiger partial charge in [0.1, 0.15) is 18.6 Å². The second-order valence-electron chi connectivity index (χ2n) is 4.95. The summed E-state index contributed by atoms with van der Waals surface area (Å²) in [6.07, 6.45) is 1.92. The SMILES string of the molecule is CC1(C(=O)OCCCCl)COC(=O)OC1.[3H]CC(Cl)CCC. The molecule has 124 valence electrons. The minimum absolute atomic E-state index is 0.00839. The van der Waals surface area contributed by atoms with Gasteiger partial charge in [0.25, 0.3) is 0 Å². The van der Waals surface area contributed by atoms with Crippen LogP contribution in [0, 0.1) is 5.41 Å². The van der Waals surface area contributed by atoms with E-state index >= 15 is 0 Å². The number of esters is 1. The number of hydrogen-bond donors (Lipinski definition) is 0. The molecule has 0 radical (unpaired) electrons. The van der Waals surface area contributed by atoms with Gasteiger partial charge >= 0.3 is 12.1 Å². The van der Waals surface area contributed by atoms with Crippen molar-refractivity contribution in [3.05, 3.63) is 0 Å². The number of cyclic esters (lactones) is 2. The summed E-state index contributed by atoms with van der Waals surface area (Å²) in [6.45, 7) is 4.31. The molecular weight excluding hydrogens is 319 g/mol. The van der Waals surface area contributed by atoms with Crippen molar-refractivity contribution >= 4 is 35.3 Å². The minimum atomic E-state index is -0.903. The van der Waals surface area contributed by atoms with Gasteiger partial charge in [-0.3, -0.25) is 4.79 Å². The Morgan fingerprint density at radius 3 is 2.57 bits per heavy atom. The zero-order chi connectivity index (χ0) is 17.0. The zero-order valence-corrected chi connectivity index (χ0v) is 14.0. The molecule has 0 saturated carbocycles. The van der Waals surface area contributed by atoms with Crippen molar-refractivity contribution in [1.82, 2.24) is 0 Å². The van der Waals surface area contributed by atoms with Crippen LogP contribution in [0.15, 0.2) is 0 Å². The first kappa shape index (κ1) is 18.4. The summed E-state index contributed by atoms with van der Waals surface area (Å²) in [5.41, 5.74) is -0.903. The molecule has 1 aliphatic heterocycles. The largest absolute Gasteiger partial charge is 0.508 e. The molecule has 0 aromatic rings. The van der Waals surface area contributed by atoms with E-state index in [0.29, 0.717) is 19.2 Å². The molecule has 1 fully saturated rings. The van der Waals surface area contributed by atoms with Gasteiger partial charge in [0.05, 0.1) is 6.61 Å². The lowest BCUT2D eigenvalue weighted by atomic mass is 9.93. The molecule has 0 aromatic carbocycles. The van der Waals surface area contributed by atoms with Crippen LogP contribution in [0.1, 0.15) is 41.4 Å². The zero-order valence-electron chi connectivity index (χ0n) is 13.5. The first-order valence-corrected chi connectivity index (χ1v) is 7.82. The van der Waals surface area contributed by atoms with E-state index in [1.54, 1.807) is 6.92 Å². The monoisotopic (exact) mass is 344 g/mol. The molecule has 0 bridgehead atoms. The van der Waals surface area contributed by atoms with Gasteiger partial charge in [-0.2, -0.15) is 0 Å². The Labute approximate surface area is 137 Å². The van der Waals surface area contributed by atoms with E-state index in [0.717, 1.165) is 12.8 Å². The lowest BCUT2D eigenvalue weighted by Gasteiger charge is -2.29. The van der Waals surface area contributed by atoms with Crippen LogP contribution in [0.2, 0.25) is 0 Å². The number of carbonyl (C=O) groups excluding carboxylic acids is 2. The second kappa shape index (κ2) is 11.0. The Balaban J connectivity index is 0.000000534. The predicted octanol–water partition coefficient (Wildman–Crippen LogP) is 3.75. The second-order valence-corrected chi connectivity index (χ2v) is 5.95. The van der Waals surface area contributed by atoms with Crippen molar-refractivity contribution in [2.75, 3.05) is 25.7 Å². The van der Waals surface area contributed by atoms with Gasteiger partial charge in [0.2, 0.25) is 0 Å². The van der Waals surface area contributed by atoms with Gasteiger partial charge in [-0.25, -0.2) is 4.79 Å². The van der Waals surface area contributed by atoms with Gasteiger partial charge in [0, 0.05) is 12.6 Å². The molecule has 0 amide bonds. The standard InChI is InChI=1S/C9H13ClO5.C5H11Cl/c1-9(5-14-8(12)15-6-9)7(11)13-4-2-3-10;1-3-4-5(2)6/h2-6H2,1H3;5H,3-4H2,1-2H3/i;2T. The van der Waals surface area contributed by atoms with Crippen LogP contribution < -0.4 is 0 Å². The highest BCUT2D eigenvalue weighted by molar-refractivity contribution is 6.20. The van der Waals surface area contributed by atoms with Crippen LogP contribution in [-0.4, -0.2) is 43.2 Å². The number of rotatable bonds is 6. The Bertz CT molecular complexity index is 331. The topological polar surface area (TPSA) is 61.8 Å². The highest BCUT2D eigenvalue weighted by Gasteiger charge is 2.41. The van der Waals surface area contributed by atoms with Crippen LogP contribution in [-0.2, 0) is 19.0 Å². The van der Waals surface area contributed by atoms with Gasteiger partial charge in [-0.05, 0) is 26.7 Å². The third kappa shape index (κ3) is 9.04. The Hall–Kier alpha value is -0.680. The van der Waals surface area contributed by atoms with Gasteiger partial charge in [0.15, 0.2) is 0 Å². The molecule has 1 aliphatic rings. The third-order valence-corrected chi connectivity index (χ3v) is 3.11. The average molecular weight is 345 g/mol. The number of ether oxygens (including phenoxy) is 3. The van der Waals surface area contributed by atoms with E-state index in [4.69, 9.17) is 29.3 Å². The molecule has 0 aromatic heterocycles. The Morgan fingerprint density at radius 1 is 1.52 bits per heavy atom. The van der Waals surface area contributed by atoms with E-state index in [-0.39, 0.29) is 25.2 Å². The van der Waals surface area contributed by atoms with Gasteiger partial charge in [-0.15, -0.1) is 23.2 Å². The maximum atomic E-state index is 11.6. The Kier molecular flexibility index (Phi) is 9.59. The fraction of sp³-hybridized carbons (Fsp3) is 0.857. The maximum Gasteiger partial charge on any atom is 0.508 e. The normalized spacial score (nSPS) is 18.3. The molecule has 5 nitrogen and oxygen atoms in total. The molecule has 7 heteroatoms. The molecule has 1 rings (SSSR count). The van der Waals surface area contributed by atoms with Crippen molar-refractivity contribution in [2.45, 2.75) is 45.4 Å². The van der Waals surface area contributed by atoms with E-state index in [2.05, 4.69) is 16.4 Å². The van der Waals surface area contributed by atoms with E-state index < -0.39 is 17.5 Å². The number of halogens is 2. The van der Waals surface area contributed by atoms with E-state index in [1.807, 2.05) is 0 Å². The van der Waals surface area contributed by atoms with Crippen molar-refractivity contribution in [3.63, 3.8) is 0 Å². The van der Waals surface area contributed by atoms with Crippen LogP contribution in [0.25, 0.3) is 0 Å². The molecule has 1 saturated heterocycles. The summed E-state index contributed by atoms with van der Waals surface area (Å²) in [5.74, 6) is 0.00951. The summed E-state index contributed by atoms with van der Waals surface area (Å²) in [5, 5.41) is 0.0880. The Morgan fingerprint density at radius 2 is 2.14 bits per heavy atom. The molecule has 1 unspecified atom stereocenters. The fourth-order valence-corrected chi connectivity index (χ4v) is 1.67. The minimum Gasteiger partial charge on any atom is -0.465 e. The van der Waals surface area contributed by atoms with E-state index in [1.165, 1.54) is 0 Å². The molecule has 0 N–H and O–H groups in total. The number of hydrogen-bond acceptors (Lipinski definition) is 5. The molecular formula is C14H24Cl2O5. The number of carbonyl (C=O) groups is 2. The highest BCUT2D eigenvalue weighted by Crippen LogP contribution is 2.24. The molecule has 1 heterocycles. The van der Waals surface area contributed by atoms with Crippen LogP contribution in [0.4, 0.5) is 4.79 Å². The van der Waals surface area contributed by atoms with Crippen molar-refractivity contribution < 1.29 is 25.2 Å². The molecule has 0 aliphatic carbocycles. The predicted molar refractivity (Wildman–Crippen MR) is 81.9 cm³/mol. The maximum absolute atomic E-state index is 11.6. The number of alkyl halides is 2. The summed E-state index contributed by atoms with van der Waals surface area (Å²) in [4.78, 5) is 22.2. The average Bonchev–Trinajstić information content (AvgIpc) is 2.51. The van der Waals surface area contributed by atoms with Gasteiger partial charge in [-0.1, -0.05) is 13.3 Å². The van der Waals surface area contributed by atoms with Gasteiger partial charge < -0.3 is 14.2 Å². The molecule has 21 heavy (non-hydrogen) atoms. The fourth-order valence-electron chi connectivity index (χ4n) is 1.34. The molecule has 1 atom stereocenters. The highest BCUT2D eigenvalue weighted by atomic mass is 35.5. The van der Waals surface area contributed by atoms with Crippen molar-refractivity contribution in [1.29, 1.82) is 0 Å². The van der Waals surface area contributed by atoms with Crippen LogP contribution in [0.5, 0.6) is 0 Å². The summed E-state index contributed by atoms with van der Waals surface area (Å²) in [7, 11) is 0. The smallest absolute Gasteiger partial charge is 0.465 e. The lowest BCUT2D eigenvalue weighted by molar-refractivity contribution is -0.166. The molecule has 0 spiro atoms. The summed E-state index contributed by atoms with van der Waals surface area (Å²) < 4.78 is 21.0. The summed E-state index contributed by atoms with van der Waals surface area (Å²) in [6, 6.07) is 0. The quantitative estimate of drug-likeness (QED) is 0.417. The van der Waals surface area contributed by atoms with Crippen LogP contribution >= 0.6 is 23.2 Å². The van der Waals surface area contributed by atoms with Crippen molar-refractivity contribution in [3.8, 4) is 0 Å². The first-order chi connectivity index (χ1) is 10.4. The first-order valence-electron chi connectivity index (χ1n) is 7.56. The third-order valence-electron chi connectivity index (χ3n) is 2.62.